The first kappa shape index (κ1) is 24.1. The third-order valence-electron chi connectivity index (χ3n) is 9.83. The number of carbonyl (C=O) groups is 1. The van der Waals surface area contributed by atoms with Gasteiger partial charge >= 0.3 is 0 Å². The molecule has 1 atom stereocenters. The largest absolute Gasteiger partial charge is 0.342 e. The van der Waals surface area contributed by atoms with Gasteiger partial charge in [0, 0.05) is 61.0 Å². The maximum absolute atomic E-state index is 12.8. The Bertz CT molecular complexity index is 1390. The molecule has 2 aromatic rings. The van der Waals surface area contributed by atoms with Crippen LogP contribution >= 0.6 is 0 Å². The Morgan fingerprint density at radius 3 is 2.53 bits per heavy atom. The van der Waals surface area contributed by atoms with Crippen LogP contribution in [0.1, 0.15) is 83.8 Å². The molecule has 0 radical (unpaired) electrons. The van der Waals surface area contributed by atoms with Crippen LogP contribution in [0, 0.1) is 0 Å². The van der Waals surface area contributed by atoms with E-state index in [1.54, 1.807) is 0 Å². The lowest BCUT2D eigenvalue weighted by atomic mass is 9.76. The van der Waals surface area contributed by atoms with E-state index in [9.17, 15) is 4.79 Å². The van der Waals surface area contributed by atoms with Crippen LogP contribution in [-0.4, -0.2) is 59.5 Å². The molecule has 1 saturated heterocycles. The molecule has 5 heteroatoms. The van der Waals surface area contributed by atoms with Crippen LogP contribution in [0.3, 0.4) is 0 Å². The number of hydrogen-bond acceptors (Lipinski definition) is 4. The normalized spacial score (nSPS) is 26.6. The zero-order valence-electron chi connectivity index (χ0n) is 22.7. The molecule has 196 valence electrons. The van der Waals surface area contributed by atoms with Crippen molar-refractivity contribution >= 4 is 17.1 Å². The van der Waals surface area contributed by atoms with Crippen LogP contribution in [0.4, 0.5) is 0 Å². The van der Waals surface area contributed by atoms with Crippen molar-refractivity contribution in [1.82, 2.24) is 20.1 Å². The van der Waals surface area contributed by atoms with Crippen LogP contribution in [-0.2, 0) is 12.0 Å². The van der Waals surface area contributed by atoms with Gasteiger partial charge < -0.3 is 10.2 Å². The molecule has 2 fully saturated rings. The fourth-order valence-corrected chi connectivity index (χ4v) is 7.32. The summed E-state index contributed by atoms with van der Waals surface area (Å²) in [6.45, 7) is 6.89. The Labute approximate surface area is 226 Å². The average molecular weight is 507 g/mol. The third-order valence-corrected chi connectivity index (χ3v) is 9.83. The van der Waals surface area contributed by atoms with Gasteiger partial charge in [-0.25, -0.2) is 0 Å². The number of carbonyl (C=O) groups excluding carboxylic acids is 1. The third kappa shape index (κ3) is 3.90. The second-order valence-electron chi connectivity index (χ2n) is 12.2. The van der Waals surface area contributed by atoms with Crippen molar-refractivity contribution in [2.24, 2.45) is 0 Å². The fourth-order valence-electron chi connectivity index (χ4n) is 7.32. The minimum Gasteiger partial charge on any atom is -0.342 e. The smallest absolute Gasteiger partial charge is 0.252 e. The van der Waals surface area contributed by atoms with Gasteiger partial charge in [-0.1, -0.05) is 49.6 Å². The van der Waals surface area contributed by atoms with E-state index in [0.29, 0.717) is 0 Å². The predicted octanol–water partition coefficient (Wildman–Crippen LogP) is 5.32. The van der Waals surface area contributed by atoms with Crippen molar-refractivity contribution < 1.29 is 4.79 Å². The van der Waals surface area contributed by atoms with Crippen LogP contribution in [0.25, 0.3) is 11.1 Å². The van der Waals surface area contributed by atoms with Gasteiger partial charge in [-0.15, -0.1) is 0 Å². The molecule has 1 unspecified atom stereocenters. The van der Waals surface area contributed by atoms with E-state index < -0.39 is 0 Å². The van der Waals surface area contributed by atoms with Crippen LogP contribution < -0.4 is 5.32 Å². The average Bonchev–Trinajstić information content (AvgIpc) is 3.48. The molecular weight excluding hydrogens is 468 g/mol. The number of nitrogens with zero attached hydrogens (tertiary/aromatic N) is 3. The van der Waals surface area contributed by atoms with Gasteiger partial charge in [0.15, 0.2) is 0 Å². The minimum atomic E-state index is -0.170. The lowest BCUT2D eigenvalue weighted by Crippen LogP contribution is -2.54. The standard InChI is InChI=1S/C33H38N4O/c1-32(37-18-16-36(2)17-19-37)14-10-23(11-15-32)25-20-28-26(8-9-30(28)34-22-25)24-6-7-27-29(21-24)33(35-31(27)38)12-4-3-5-13-33/h6-8,10-11,14,20-22H,3-5,9,12-13,15-19H2,1-2H3,(H,35,38). The maximum atomic E-state index is 12.8. The summed E-state index contributed by atoms with van der Waals surface area (Å²) in [5.41, 5.74) is 9.29. The monoisotopic (exact) mass is 506 g/mol. The summed E-state index contributed by atoms with van der Waals surface area (Å²) in [6, 6.07) is 8.82. The van der Waals surface area contributed by atoms with E-state index in [1.807, 2.05) is 12.3 Å². The molecule has 0 bridgehead atoms. The molecule has 5 nitrogen and oxygen atoms in total. The molecule has 1 aromatic heterocycles. The van der Waals surface area contributed by atoms with Gasteiger partial charge in [-0.05, 0) is 73.7 Å². The molecular formula is C33H38N4O. The second-order valence-corrected chi connectivity index (χ2v) is 12.2. The number of allylic oxidation sites excluding steroid dienone is 3. The highest BCUT2D eigenvalue weighted by atomic mass is 16.2. The zero-order chi connectivity index (χ0) is 25.9. The number of benzene rings is 1. The van der Waals surface area contributed by atoms with Crippen molar-refractivity contribution in [2.45, 2.75) is 62.9 Å². The molecule has 1 saturated carbocycles. The number of hydrogen-bond donors (Lipinski definition) is 1. The Morgan fingerprint density at radius 1 is 0.947 bits per heavy atom. The number of likely N-dealkylation sites (N-methyl/N-ethyl adjacent to an activating group) is 1. The summed E-state index contributed by atoms with van der Waals surface area (Å²) < 4.78 is 0. The second kappa shape index (κ2) is 9.03. The van der Waals surface area contributed by atoms with Gasteiger partial charge in [0.2, 0.25) is 0 Å². The summed E-state index contributed by atoms with van der Waals surface area (Å²) in [5.74, 6) is 0.0952. The lowest BCUT2D eigenvalue weighted by Gasteiger charge is -2.44. The molecule has 7 rings (SSSR count). The topological polar surface area (TPSA) is 48.5 Å². The quantitative estimate of drug-likeness (QED) is 0.612. The predicted molar refractivity (Wildman–Crippen MR) is 153 cm³/mol. The van der Waals surface area contributed by atoms with Crippen molar-refractivity contribution in [2.75, 3.05) is 33.2 Å². The van der Waals surface area contributed by atoms with Gasteiger partial charge in [-0.2, -0.15) is 0 Å². The number of pyridine rings is 1. The molecule has 3 aliphatic carbocycles. The van der Waals surface area contributed by atoms with Gasteiger partial charge in [-0.3, -0.25) is 14.7 Å². The first-order chi connectivity index (χ1) is 18.4. The molecule has 1 amide bonds. The molecule has 5 aliphatic rings. The Hall–Kier alpha value is -3.02. The van der Waals surface area contributed by atoms with Gasteiger partial charge in [0.25, 0.3) is 5.91 Å². The number of fused-ring (bicyclic) bond motifs is 3. The number of piperazine rings is 1. The van der Waals surface area contributed by atoms with Crippen molar-refractivity contribution in [3.8, 4) is 0 Å². The van der Waals surface area contributed by atoms with Crippen LogP contribution in [0.15, 0.2) is 54.8 Å². The molecule has 1 spiro atoms. The summed E-state index contributed by atoms with van der Waals surface area (Å²) >= 11 is 0. The highest BCUT2D eigenvalue weighted by molar-refractivity contribution is 6.01. The number of aromatic nitrogens is 1. The Balaban J connectivity index is 1.16. The van der Waals surface area contributed by atoms with Crippen LogP contribution in [0.5, 0.6) is 0 Å². The summed E-state index contributed by atoms with van der Waals surface area (Å²) in [5, 5.41) is 3.36. The van der Waals surface area contributed by atoms with Gasteiger partial charge in [0.05, 0.1) is 11.2 Å². The van der Waals surface area contributed by atoms with Crippen molar-refractivity contribution in [3.63, 3.8) is 0 Å². The first-order valence-electron chi connectivity index (χ1n) is 14.4. The van der Waals surface area contributed by atoms with Crippen LogP contribution in [0.2, 0.25) is 0 Å². The Kier molecular flexibility index (Phi) is 5.71. The summed E-state index contributed by atoms with van der Waals surface area (Å²) in [6.07, 6.45) is 19.1. The maximum Gasteiger partial charge on any atom is 0.252 e. The lowest BCUT2D eigenvalue weighted by molar-refractivity contribution is 0.0804. The highest BCUT2D eigenvalue weighted by Gasteiger charge is 2.43. The fraction of sp³-hybridized carbons (Fsp3) is 0.455. The molecule has 2 aliphatic heterocycles. The molecule has 1 aromatic carbocycles. The van der Waals surface area contributed by atoms with E-state index in [4.69, 9.17) is 4.98 Å². The number of amides is 1. The van der Waals surface area contributed by atoms with E-state index in [2.05, 4.69) is 71.6 Å². The summed E-state index contributed by atoms with van der Waals surface area (Å²) in [7, 11) is 2.21. The van der Waals surface area contributed by atoms with E-state index in [-0.39, 0.29) is 17.0 Å². The first-order valence-corrected chi connectivity index (χ1v) is 14.4. The van der Waals surface area contributed by atoms with Gasteiger partial charge in [0.1, 0.15) is 0 Å². The molecule has 38 heavy (non-hydrogen) atoms. The zero-order valence-corrected chi connectivity index (χ0v) is 22.7. The molecule has 3 heterocycles. The highest BCUT2D eigenvalue weighted by Crippen LogP contribution is 2.44. The summed E-state index contributed by atoms with van der Waals surface area (Å²) in [4.78, 5) is 22.7. The van der Waals surface area contributed by atoms with E-state index >= 15 is 0 Å². The van der Waals surface area contributed by atoms with E-state index in [1.165, 1.54) is 52.7 Å². The SMILES string of the molecule is CN1CCN(C2(C)C=CC(c3cnc4c(c3)C(c3ccc5c(c3)C3(CCCCC3)NC5=O)=CC4)=CC2)CC1. The van der Waals surface area contributed by atoms with E-state index in [0.717, 1.165) is 63.1 Å². The number of rotatable bonds is 3. The molecule has 1 N–H and O–H groups in total. The van der Waals surface area contributed by atoms with Crippen molar-refractivity contribution in [3.05, 3.63) is 88.3 Å². The van der Waals surface area contributed by atoms with Crippen molar-refractivity contribution in [1.29, 1.82) is 0 Å². The minimum absolute atomic E-state index is 0.0882. The Morgan fingerprint density at radius 2 is 1.76 bits per heavy atom. The number of nitrogens with one attached hydrogen (secondary N) is 1.